The van der Waals surface area contributed by atoms with Gasteiger partial charge >= 0.3 is 0 Å². The minimum atomic E-state index is -0.269. The van der Waals surface area contributed by atoms with Gasteiger partial charge in [0.1, 0.15) is 5.82 Å². The van der Waals surface area contributed by atoms with Crippen molar-refractivity contribution in [1.29, 1.82) is 0 Å². The maximum Gasteiger partial charge on any atom is 0.240 e. The molecule has 0 saturated carbocycles. The molecule has 0 bridgehead atoms. The summed E-state index contributed by atoms with van der Waals surface area (Å²) in [5.74, 6) is 0.935. The van der Waals surface area contributed by atoms with Crippen molar-refractivity contribution in [3.05, 3.63) is 47.4 Å². The van der Waals surface area contributed by atoms with Gasteiger partial charge in [0.25, 0.3) is 0 Å². The summed E-state index contributed by atoms with van der Waals surface area (Å²) in [5.41, 5.74) is 0.545. The Bertz CT molecular complexity index is 806. The highest BCUT2D eigenvalue weighted by atomic mass is 19.1. The molecule has 0 radical (unpaired) electrons. The Kier molecular flexibility index (Phi) is 5.97. The van der Waals surface area contributed by atoms with E-state index in [-0.39, 0.29) is 17.6 Å². The van der Waals surface area contributed by atoms with Crippen LogP contribution in [0.5, 0.6) is 0 Å². The molecule has 1 atom stereocenters. The Balaban J connectivity index is 1.33. The molecule has 0 spiro atoms. The molecule has 3 heterocycles. The molecule has 8 heteroatoms. The fraction of sp³-hybridized carbons (Fsp3) is 0.550. The van der Waals surface area contributed by atoms with Gasteiger partial charge in [-0.1, -0.05) is 23.4 Å². The molecule has 150 valence electrons. The van der Waals surface area contributed by atoms with Gasteiger partial charge in [0.2, 0.25) is 11.8 Å². The van der Waals surface area contributed by atoms with Gasteiger partial charge in [0.05, 0.1) is 25.7 Å². The summed E-state index contributed by atoms with van der Waals surface area (Å²) in [5, 5.41) is 3.98. The van der Waals surface area contributed by atoms with Crippen molar-refractivity contribution in [2.24, 2.45) is 5.92 Å². The summed E-state index contributed by atoms with van der Waals surface area (Å²) in [6, 6.07) is 6.59. The molecule has 0 aliphatic carbocycles. The van der Waals surface area contributed by atoms with E-state index in [2.05, 4.69) is 15.0 Å². The van der Waals surface area contributed by atoms with Crippen LogP contribution in [0.4, 0.5) is 4.39 Å². The number of hydrogen-bond donors (Lipinski definition) is 0. The lowest BCUT2D eigenvalue weighted by Gasteiger charge is -2.35. The van der Waals surface area contributed by atoms with Crippen LogP contribution in [0.3, 0.4) is 0 Å². The van der Waals surface area contributed by atoms with Crippen molar-refractivity contribution in [3.63, 3.8) is 0 Å². The Hall–Kier alpha value is -2.32. The van der Waals surface area contributed by atoms with Gasteiger partial charge in [-0.15, -0.1) is 0 Å². The third-order valence-electron chi connectivity index (χ3n) is 5.35. The van der Waals surface area contributed by atoms with E-state index in [1.54, 1.807) is 18.2 Å². The lowest BCUT2D eigenvalue weighted by atomic mass is 9.96. The number of piperidine rings is 1. The first-order chi connectivity index (χ1) is 13.7. The molecule has 1 aromatic heterocycles. The van der Waals surface area contributed by atoms with E-state index < -0.39 is 0 Å². The molecule has 1 unspecified atom stereocenters. The van der Waals surface area contributed by atoms with Crippen LogP contribution in [0.2, 0.25) is 0 Å². The fourth-order valence-electron chi connectivity index (χ4n) is 3.87. The smallest absolute Gasteiger partial charge is 0.240 e. The second-order valence-corrected chi connectivity index (χ2v) is 7.38. The summed E-state index contributed by atoms with van der Waals surface area (Å²) in [7, 11) is 0. The monoisotopic (exact) mass is 388 g/mol. The van der Waals surface area contributed by atoms with Crippen molar-refractivity contribution in [2.75, 3.05) is 39.4 Å². The van der Waals surface area contributed by atoms with Crippen LogP contribution in [0.25, 0.3) is 0 Å². The van der Waals surface area contributed by atoms with E-state index >= 15 is 0 Å². The zero-order valence-corrected chi connectivity index (χ0v) is 15.8. The predicted octanol–water partition coefficient (Wildman–Crippen LogP) is 1.87. The minimum absolute atomic E-state index is 0.00709. The number of benzene rings is 1. The van der Waals surface area contributed by atoms with Gasteiger partial charge in [-0.2, -0.15) is 4.98 Å². The van der Waals surface area contributed by atoms with Crippen LogP contribution in [0.1, 0.15) is 30.1 Å². The molecule has 2 aromatic rings. The lowest BCUT2D eigenvalue weighted by Crippen LogP contribution is -2.48. The number of morpholine rings is 1. The van der Waals surface area contributed by atoms with E-state index in [9.17, 15) is 9.18 Å². The fourth-order valence-corrected chi connectivity index (χ4v) is 3.87. The SMILES string of the molecule is O=C(C1CCCN(Cc2nc(Cc3ccccc3F)no2)C1)N1CCOCC1. The predicted molar refractivity (Wildman–Crippen MR) is 98.9 cm³/mol. The summed E-state index contributed by atoms with van der Waals surface area (Å²) >= 11 is 0. The van der Waals surface area contributed by atoms with Crippen LogP contribution in [-0.4, -0.2) is 65.2 Å². The van der Waals surface area contributed by atoms with Gasteiger partial charge in [-0.25, -0.2) is 4.39 Å². The van der Waals surface area contributed by atoms with E-state index in [1.807, 2.05) is 4.90 Å². The number of carbonyl (C=O) groups excluding carboxylic acids is 1. The number of amides is 1. The highest BCUT2D eigenvalue weighted by molar-refractivity contribution is 5.79. The molecule has 1 aromatic carbocycles. The molecule has 1 amide bonds. The van der Waals surface area contributed by atoms with E-state index in [4.69, 9.17) is 9.26 Å². The average molecular weight is 388 g/mol. The second kappa shape index (κ2) is 8.79. The molecule has 2 saturated heterocycles. The first-order valence-corrected chi connectivity index (χ1v) is 9.83. The maximum absolute atomic E-state index is 13.8. The Labute approximate surface area is 163 Å². The standard InChI is InChI=1S/C20H25FN4O3/c21-17-6-2-1-4-15(17)12-18-22-19(28-23-18)14-24-7-3-5-16(13-24)20(26)25-8-10-27-11-9-25/h1-2,4,6,16H,3,5,7-14H2. The number of ether oxygens (including phenoxy) is 1. The minimum Gasteiger partial charge on any atom is -0.378 e. The molecule has 0 N–H and O–H groups in total. The average Bonchev–Trinajstić information content (AvgIpc) is 3.17. The van der Waals surface area contributed by atoms with E-state index in [0.29, 0.717) is 63.1 Å². The summed E-state index contributed by atoms with van der Waals surface area (Å²) in [6.07, 6.45) is 2.18. The van der Waals surface area contributed by atoms with Gasteiger partial charge in [0.15, 0.2) is 5.82 Å². The van der Waals surface area contributed by atoms with Crippen LogP contribution in [0, 0.1) is 11.7 Å². The number of likely N-dealkylation sites (tertiary alicyclic amines) is 1. The number of halogens is 1. The van der Waals surface area contributed by atoms with Crippen LogP contribution < -0.4 is 0 Å². The first kappa shape index (κ1) is 19.0. The number of rotatable bonds is 5. The van der Waals surface area contributed by atoms with Crippen LogP contribution in [-0.2, 0) is 22.5 Å². The Morgan fingerprint density at radius 3 is 2.86 bits per heavy atom. The summed E-state index contributed by atoms with van der Waals surface area (Å²) < 4.78 is 24.5. The van der Waals surface area contributed by atoms with Gasteiger partial charge in [-0.05, 0) is 31.0 Å². The van der Waals surface area contributed by atoms with E-state index in [0.717, 1.165) is 19.4 Å². The highest BCUT2D eigenvalue weighted by Gasteiger charge is 2.30. The molecule has 7 nitrogen and oxygen atoms in total. The van der Waals surface area contributed by atoms with Gasteiger partial charge in [-0.3, -0.25) is 9.69 Å². The van der Waals surface area contributed by atoms with Crippen molar-refractivity contribution in [3.8, 4) is 0 Å². The zero-order chi connectivity index (χ0) is 19.3. The number of aromatic nitrogens is 2. The molecule has 2 fully saturated rings. The van der Waals surface area contributed by atoms with Crippen molar-refractivity contribution >= 4 is 5.91 Å². The highest BCUT2D eigenvalue weighted by Crippen LogP contribution is 2.21. The second-order valence-electron chi connectivity index (χ2n) is 7.38. The molecule has 4 rings (SSSR count). The van der Waals surface area contributed by atoms with Gasteiger partial charge < -0.3 is 14.2 Å². The Morgan fingerprint density at radius 2 is 2.04 bits per heavy atom. The number of carbonyl (C=O) groups is 1. The molecule has 28 heavy (non-hydrogen) atoms. The van der Waals surface area contributed by atoms with E-state index in [1.165, 1.54) is 6.07 Å². The lowest BCUT2D eigenvalue weighted by molar-refractivity contribution is -0.141. The Morgan fingerprint density at radius 1 is 1.21 bits per heavy atom. The van der Waals surface area contributed by atoms with Crippen molar-refractivity contribution in [1.82, 2.24) is 19.9 Å². The van der Waals surface area contributed by atoms with Crippen molar-refractivity contribution < 1.29 is 18.4 Å². The first-order valence-electron chi connectivity index (χ1n) is 9.83. The van der Waals surface area contributed by atoms with Gasteiger partial charge in [0, 0.05) is 26.1 Å². The largest absolute Gasteiger partial charge is 0.378 e. The normalized spacial score (nSPS) is 21.0. The summed E-state index contributed by atoms with van der Waals surface area (Å²) in [6.45, 7) is 4.71. The van der Waals surface area contributed by atoms with Crippen LogP contribution >= 0.6 is 0 Å². The maximum atomic E-state index is 13.8. The number of hydrogen-bond acceptors (Lipinski definition) is 6. The third-order valence-corrected chi connectivity index (χ3v) is 5.35. The van der Waals surface area contributed by atoms with Crippen LogP contribution in [0.15, 0.2) is 28.8 Å². The third kappa shape index (κ3) is 4.56. The number of nitrogens with zero attached hydrogens (tertiary/aromatic N) is 4. The quantitative estimate of drug-likeness (QED) is 0.779. The molecular formula is C20H25FN4O3. The molecule has 2 aliphatic rings. The topological polar surface area (TPSA) is 71.7 Å². The van der Waals surface area contributed by atoms with Crippen molar-refractivity contribution in [2.45, 2.75) is 25.8 Å². The molecular weight excluding hydrogens is 363 g/mol. The summed E-state index contributed by atoms with van der Waals surface area (Å²) in [4.78, 5) is 21.3. The molecule has 2 aliphatic heterocycles. The zero-order valence-electron chi connectivity index (χ0n) is 15.8.